The van der Waals surface area contributed by atoms with Crippen LogP contribution in [0.5, 0.6) is 0 Å². The van der Waals surface area contributed by atoms with Gasteiger partial charge in [-0.3, -0.25) is 0 Å². The average molecular weight is 338 g/mol. The van der Waals surface area contributed by atoms with Crippen molar-refractivity contribution in [3.63, 3.8) is 0 Å². The number of urea groups is 1. The highest BCUT2D eigenvalue weighted by Crippen LogP contribution is 2.34. The van der Waals surface area contributed by atoms with E-state index in [2.05, 4.69) is 41.0 Å². The van der Waals surface area contributed by atoms with Crippen LogP contribution in [-0.4, -0.2) is 25.8 Å². The van der Waals surface area contributed by atoms with Gasteiger partial charge in [0.1, 0.15) is 0 Å². The van der Waals surface area contributed by atoms with Crippen LogP contribution >= 0.6 is 0 Å². The molecular formula is C21H26N2O2. The van der Waals surface area contributed by atoms with E-state index in [0.717, 1.165) is 42.9 Å². The lowest BCUT2D eigenvalue weighted by Crippen LogP contribution is -2.45. The van der Waals surface area contributed by atoms with E-state index in [1.165, 1.54) is 5.56 Å². The Morgan fingerprint density at radius 2 is 1.68 bits per heavy atom. The Balaban J connectivity index is 1.68. The van der Waals surface area contributed by atoms with Crippen LogP contribution in [0.25, 0.3) is 0 Å². The molecule has 1 aliphatic rings. The molecule has 0 saturated carbocycles. The number of carbonyl (C=O) groups excluding carboxylic acids is 1. The molecule has 0 spiro atoms. The van der Waals surface area contributed by atoms with Crippen molar-refractivity contribution >= 4 is 11.7 Å². The number of ether oxygens (including phenoxy) is 1. The molecule has 2 aromatic rings. The molecule has 0 unspecified atom stereocenters. The number of carbonyl (C=O) groups is 1. The molecule has 0 aromatic heterocycles. The van der Waals surface area contributed by atoms with Gasteiger partial charge in [-0.1, -0.05) is 36.4 Å². The fourth-order valence-corrected chi connectivity index (χ4v) is 3.59. The Kier molecular flexibility index (Phi) is 5.39. The summed E-state index contributed by atoms with van der Waals surface area (Å²) in [5.41, 5.74) is 4.32. The van der Waals surface area contributed by atoms with Gasteiger partial charge in [0.15, 0.2) is 0 Å². The zero-order valence-corrected chi connectivity index (χ0v) is 15.0. The summed E-state index contributed by atoms with van der Waals surface area (Å²) in [6.07, 6.45) is 1.84. The Labute approximate surface area is 149 Å². The number of aryl methyl sites for hydroxylation is 2. The molecule has 1 fully saturated rings. The minimum atomic E-state index is -0.160. The van der Waals surface area contributed by atoms with E-state index in [4.69, 9.17) is 4.74 Å². The number of benzene rings is 2. The van der Waals surface area contributed by atoms with Crippen LogP contribution in [0.4, 0.5) is 10.5 Å². The molecule has 0 bridgehead atoms. The number of hydrogen-bond acceptors (Lipinski definition) is 2. The topological polar surface area (TPSA) is 50.4 Å². The highest BCUT2D eigenvalue weighted by Gasteiger charge is 2.34. The summed E-state index contributed by atoms with van der Waals surface area (Å²) in [5, 5.41) is 6.02. The number of hydrogen-bond donors (Lipinski definition) is 2. The molecule has 3 rings (SSSR count). The van der Waals surface area contributed by atoms with Gasteiger partial charge < -0.3 is 15.4 Å². The van der Waals surface area contributed by atoms with Crippen LogP contribution < -0.4 is 10.6 Å². The van der Waals surface area contributed by atoms with Crippen molar-refractivity contribution < 1.29 is 9.53 Å². The van der Waals surface area contributed by atoms with Gasteiger partial charge >= 0.3 is 6.03 Å². The van der Waals surface area contributed by atoms with Crippen LogP contribution in [0.15, 0.2) is 48.5 Å². The van der Waals surface area contributed by atoms with E-state index in [1.807, 2.05) is 32.0 Å². The molecule has 2 N–H and O–H groups in total. The molecular weight excluding hydrogens is 312 g/mol. The third kappa shape index (κ3) is 4.40. The highest BCUT2D eigenvalue weighted by atomic mass is 16.5. The maximum Gasteiger partial charge on any atom is 0.319 e. The van der Waals surface area contributed by atoms with Gasteiger partial charge in [0.2, 0.25) is 0 Å². The quantitative estimate of drug-likeness (QED) is 0.879. The molecule has 1 aliphatic heterocycles. The van der Waals surface area contributed by atoms with Crippen molar-refractivity contribution in [1.29, 1.82) is 0 Å². The van der Waals surface area contributed by atoms with Gasteiger partial charge in [0.25, 0.3) is 0 Å². The second kappa shape index (κ2) is 7.70. The molecule has 0 aliphatic carbocycles. The third-order valence-corrected chi connectivity index (χ3v) is 4.90. The first-order valence-corrected chi connectivity index (χ1v) is 8.84. The molecule has 0 radical (unpaired) electrons. The minimum absolute atomic E-state index is 0.0562. The van der Waals surface area contributed by atoms with Crippen LogP contribution in [0.1, 0.15) is 29.5 Å². The molecule has 2 aromatic carbocycles. The van der Waals surface area contributed by atoms with E-state index in [-0.39, 0.29) is 11.4 Å². The summed E-state index contributed by atoms with van der Waals surface area (Å²) >= 11 is 0. The normalized spacial score (nSPS) is 16.2. The first kappa shape index (κ1) is 17.5. The van der Waals surface area contributed by atoms with Crippen LogP contribution in [-0.2, 0) is 10.2 Å². The smallest absolute Gasteiger partial charge is 0.319 e. The molecule has 1 saturated heterocycles. The van der Waals surface area contributed by atoms with Gasteiger partial charge in [-0.2, -0.15) is 0 Å². The van der Waals surface area contributed by atoms with E-state index in [1.54, 1.807) is 0 Å². The number of rotatable bonds is 4. The second-order valence-electron chi connectivity index (χ2n) is 6.94. The molecule has 4 heteroatoms. The Hall–Kier alpha value is -2.33. The van der Waals surface area contributed by atoms with Crippen LogP contribution in [0.3, 0.4) is 0 Å². The lowest BCUT2D eigenvalue weighted by molar-refractivity contribution is 0.0508. The van der Waals surface area contributed by atoms with Gasteiger partial charge in [-0.05, 0) is 55.5 Å². The van der Waals surface area contributed by atoms with Crippen molar-refractivity contribution in [3.05, 3.63) is 65.2 Å². The molecule has 0 atom stereocenters. The predicted octanol–water partition coefficient (Wildman–Crippen LogP) is 4.17. The monoisotopic (exact) mass is 338 g/mol. The zero-order chi connectivity index (χ0) is 17.7. The predicted molar refractivity (Wildman–Crippen MR) is 101 cm³/mol. The highest BCUT2D eigenvalue weighted by molar-refractivity contribution is 5.89. The SMILES string of the molecule is Cc1cc(C)cc(NC(=O)NCC2(c3ccccc3)CCOCC2)c1. The van der Waals surface area contributed by atoms with Gasteiger partial charge in [0.05, 0.1) is 0 Å². The Morgan fingerprint density at radius 3 is 2.32 bits per heavy atom. The van der Waals surface area contributed by atoms with Gasteiger partial charge in [-0.15, -0.1) is 0 Å². The number of amides is 2. The standard InChI is InChI=1S/C21H26N2O2/c1-16-12-17(2)14-19(13-16)23-20(24)22-15-21(8-10-25-11-9-21)18-6-4-3-5-7-18/h3-7,12-14H,8-11,15H2,1-2H3,(H2,22,23,24). The van der Waals surface area contributed by atoms with E-state index in [9.17, 15) is 4.79 Å². The molecule has 25 heavy (non-hydrogen) atoms. The summed E-state index contributed by atoms with van der Waals surface area (Å²) in [4.78, 5) is 12.4. The minimum Gasteiger partial charge on any atom is -0.381 e. The first-order valence-electron chi connectivity index (χ1n) is 8.84. The molecule has 132 valence electrons. The summed E-state index contributed by atoms with van der Waals surface area (Å²) in [5.74, 6) is 0. The lowest BCUT2D eigenvalue weighted by atomic mass is 9.74. The van der Waals surface area contributed by atoms with Gasteiger partial charge in [0, 0.05) is 30.9 Å². The van der Waals surface area contributed by atoms with Crippen molar-refractivity contribution in [2.75, 3.05) is 25.1 Å². The van der Waals surface area contributed by atoms with Crippen LogP contribution in [0.2, 0.25) is 0 Å². The molecule has 2 amide bonds. The van der Waals surface area contributed by atoms with E-state index >= 15 is 0 Å². The summed E-state index contributed by atoms with van der Waals surface area (Å²) < 4.78 is 5.55. The van der Waals surface area contributed by atoms with E-state index < -0.39 is 0 Å². The largest absolute Gasteiger partial charge is 0.381 e. The fourth-order valence-electron chi connectivity index (χ4n) is 3.59. The maximum atomic E-state index is 12.4. The fraction of sp³-hybridized carbons (Fsp3) is 0.381. The van der Waals surface area contributed by atoms with E-state index in [0.29, 0.717) is 6.54 Å². The second-order valence-corrected chi connectivity index (χ2v) is 6.94. The molecule has 1 heterocycles. The lowest BCUT2D eigenvalue weighted by Gasteiger charge is -2.38. The summed E-state index contributed by atoms with van der Waals surface area (Å²) in [7, 11) is 0. The van der Waals surface area contributed by atoms with Crippen molar-refractivity contribution in [2.45, 2.75) is 32.1 Å². The Morgan fingerprint density at radius 1 is 1.04 bits per heavy atom. The van der Waals surface area contributed by atoms with Crippen LogP contribution in [0, 0.1) is 13.8 Å². The van der Waals surface area contributed by atoms with Crippen molar-refractivity contribution in [1.82, 2.24) is 5.32 Å². The zero-order valence-electron chi connectivity index (χ0n) is 15.0. The average Bonchev–Trinajstić information content (AvgIpc) is 2.61. The Bertz CT molecular complexity index is 702. The maximum absolute atomic E-state index is 12.4. The summed E-state index contributed by atoms with van der Waals surface area (Å²) in [6.45, 7) is 6.13. The first-order chi connectivity index (χ1) is 12.1. The van der Waals surface area contributed by atoms with Crippen molar-refractivity contribution in [2.24, 2.45) is 0 Å². The number of anilines is 1. The number of nitrogens with one attached hydrogen (secondary N) is 2. The third-order valence-electron chi connectivity index (χ3n) is 4.90. The van der Waals surface area contributed by atoms with Crippen molar-refractivity contribution in [3.8, 4) is 0 Å². The summed E-state index contributed by atoms with van der Waals surface area (Å²) in [6, 6.07) is 16.3. The molecule has 4 nitrogen and oxygen atoms in total. The van der Waals surface area contributed by atoms with Gasteiger partial charge in [-0.25, -0.2) is 4.79 Å².